The first-order valence-corrected chi connectivity index (χ1v) is 9.29. The van der Waals surface area contributed by atoms with Gasteiger partial charge in [-0.05, 0) is 43.3 Å². The molecule has 0 saturated carbocycles. The lowest BCUT2D eigenvalue weighted by atomic mass is 10.2. The summed E-state index contributed by atoms with van der Waals surface area (Å²) in [5, 5.41) is 2.70. The van der Waals surface area contributed by atoms with Crippen molar-refractivity contribution in [3.8, 4) is 22.8 Å². The third-order valence-corrected chi connectivity index (χ3v) is 4.88. The molecular formula is C20H19FN2O4S. The molecule has 1 N–H and O–H groups in total. The van der Waals surface area contributed by atoms with Crippen molar-refractivity contribution in [1.82, 2.24) is 4.98 Å². The van der Waals surface area contributed by atoms with Gasteiger partial charge in [-0.1, -0.05) is 11.8 Å². The summed E-state index contributed by atoms with van der Waals surface area (Å²) in [6, 6.07) is 11.1. The smallest absolute Gasteiger partial charge is 0.256 e. The highest BCUT2D eigenvalue weighted by Crippen LogP contribution is 2.31. The fourth-order valence-electron chi connectivity index (χ4n) is 2.41. The molecule has 1 aromatic heterocycles. The van der Waals surface area contributed by atoms with Gasteiger partial charge in [-0.3, -0.25) is 4.79 Å². The second-order valence-electron chi connectivity index (χ2n) is 5.81. The molecule has 0 bridgehead atoms. The lowest BCUT2D eigenvalue weighted by Gasteiger charge is -2.14. The maximum absolute atomic E-state index is 13.0. The molecule has 0 aliphatic carbocycles. The molecule has 0 aliphatic heterocycles. The summed E-state index contributed by atoms with van der Waals surface area (Å²) >= 11 is 1.18. The van der Waals surface area contributed by atoms with Crippen LogP contribution in [0.25, 0.3) is 11.3 Å². The molecule has 1 heterocycles. The number of methoxy groups -OCH3 is 2. The predicted molar refractivity (Wildman–Crippen MR) is 105 cm³/mol. The number of carbonyl (C=O) groups excluding carboxylic acids is 1. The summed E-state index contributed by atoms with van der Waals surface area (Å²) in [6.07, 6.45) is 1.55. The van der Waals surface area contributed by atoms with Gasteiger partial charge in [-0.15, -0.1) is 0 Å². The number of anilines is 1. The van der Waals surface area contributed by atoms with Gasteiger partial charge in [-0.2, -0.15) is 0 Å². The number of thioether (sulfide) groups is 1. The normalized spacial score (nSPS) is 11.7. The highest BCUT2D eigenvalue weighted by Gasteiger charge is 2.19. The first-order valence-electron chi connectivity index (χ1n) is 8.41. The molecule has 6 nitrogen and oxygen atoms in total. The number of benzene rings is 2. The van der Waals surface area contributed by atoms with Crippen LogP contribution in [0.15, 0.2) is 58.3 Å². The van der Waals surface area contributed by atoms with Crippen LogP contribution in [0.3, 0.4) is 0 Å². The topological polar surface area (TPSA) is 73.6 Å². The van der Waals surface area contributed by atoms with Crippen molar-refractivity contribution >= 4 is 23.4 Å². The predicted octanol–water partition coefficient (Wildman–Crippen LogP) is 4.62. The van der Waals surface area contributed by atoms with Crippen LogP contribution in [0, 0.1) is 5.82 Å². The van der Waals surface area contributed by atoms with Crippen LogP contribution < -0.4 is 14.8 Å². The zero-order valence-corrected chi connectivity index (χ0v) is 16.4. The molecule has 0 spiro atoms. The fraction of sp³-hybridized carbons (Fsp3) is 0.200. The van der Waals surface area contributed by atoms with Crippen LogP contribution in [0.2, 0.25) is 0 Å². The Kier molecular flexibility index (Phi) is 6.20. The second kappa shape index (κ2) is 8.79. The molecule has 1 unspecified atom stereocenters. The fourth-order valence-corrected chi connectivity index (χ4v) is 3.13. The Morgan fingerprint density at radius 1 is 1.18 bits per heavy atom. The highest BCUT2D eigenvalue weighted by atomic mass is 32.2. The molecule has 0 fully saturated rings. The Balaban J connectivity index is 1.67. The first-order chi connectivity index (χ1) is 13.5. The number of hydrogen-bond acceptors (Lipinski definition) is 6. The van der Waals surface area contributed by atoms with E-state index in [1.807, 2.05) is 0 Å². The highest BCUT2D eigenvalue weighted by molar-refractivity contribution is 8.00. The number of nitrogens with zero attached hydrogens (tertiary/aromatic N) is 1. The number of carbonyl (C=O) groups is 1. The van der Waals surface area contributed by atoms with E-state index in [1.165, 1.54) is 31.0 Å². The molecule has 1 amide bonds. The van der Waals surface area contributed by atoms with Crippen molar-refractivity contribution in [3.05, 3.63) is 54.5 Å². The van der Waals surface area contributed by atoms with E-state index in [-0.39, 0.29) is 11.7 Å². The number of oxazole rings is 1. The molecule has 146 valence electrons. The number of nitrogens with one attached hydrogen (secondary N) is 1. The Hall–Kier alpha value is -3.00. The summed E-state index contributed by atoms with van der Waals surface area (Å²) in [4.78, 5) is 16.7. The van der Waals surface area contributed by atoms with Crippen LogP contribution in [-0.4, -0.2) is 30.4 Å². The van der Waals surface area contributed by atoms with Gasteiger partial charge in [0.1, 0.15) is 17.3 Å². The van der Waals surface area contributed by atoms with E-state index in [9.17, 15) is 9.18 Å². The lowest BCUT2D eigenvalue weighted by Crippen LogP contribution is -2.22. The van der Waals surface area contributed by atoms with Crippen molar-refractivity contribution in [2.24, 2.45) is 0 Å². The minimum Gasteiger partial charge on any atom is -0.497 e. The largest absolute Gasteiger partial charge is 0.497 e. The minimum atomic E-state index is -0.476. The second-order valence-corrected chi connectivity index (χ2v) is 7.10. The van der Waals surface area contributed by atoms with Crippen molar-refractivity contribution in [1.29, 1.82) is 0 Å². The summed E-state index contributed by atoms with van der Waals surface area (Å²) in [5.41, 5.74) is 1.22. The Morgan fingerprint density at radius 2 is 1.93 bits per heavy atom. The van der Waals surface area contributed by atoms with E-state index in [4.69, 9.17) is 13.9 Å². The molecule has 0 saturated heterocycles. The molecule has 1 atom stereocenters. The third kappa shape index (κ3) is 4.64. The van der Waals surface area contributed by atoms with E-state index in [0.29, 0.717) is 33.7 Å². The number of amides is 1. The van der Waals surface area contributed by atoms with E-state index < -0.39 is 5.25 Å². The number of halogens is 1. The van der Waals surface area contributed by atoms with Crippen LogP contribution in [0.5, 0.6) is 11.5 Å². The molecular weight excluding hydrogens is 383 g/mol. The van der Waals surface area contributed by atoms with Crippen molar-refractivity contribution in [3.63, 3.8) is 0 Å². The van der Waals surface area contributed by atoms with Gasteiger partial charge >= 0.3 is 0 Å². The van der Waals surface area contributed by atoms with Crippen LogP contribution in [0.1, 0.15) is 6.92 Å². The van der Waals surface area contributed by atoms with Gasteiger partial charge in [0, 0.05) is 11.6 Å². The maximum Gasteiger partial charge on any atom is 0.256 e. The summed E-state index contributed by atoms with van der Waals surface area (Å²) in [6.45, 7) is 1.74. The molecule has 28 heavy (non-hydrogen) atoms. The Morgan fingerprint density at radius 3 is 2.61 bits per heavy atom. The van der Waals surface area contributed by atoms with E-state index in [0.717, 1.165) is 0 Å². The van der Waals surface area contributed by atoms with Gasteiger partial charge in [0.2, 0.25) is 5.91 Å². The summed E-state index contributed by atoms with van der Waals surface area (Å²) < 4.78 is 29.2. The van der Waals surface area contributed by atoms with Gasteiger partial charge in [0.05, 0.1) is 31.4 Å². The van der Waals surface area contributed by atoms with Crippen LogP contribution >= 0.6 is 11.8 Å². The monoisotopic (exact) mass is 402 g/mol. The number of aromatic nitrogens is 1. The zero-order valence-electron chi connectivity index (χ0n) is 15.6. The molecule has 8 heteroatoms. The molecule has 2 aromatic carbocycles. The number of rotatable bonds is 7. The van der Waals surface area contributed by atoms with E-state index >= 15 is 0 Å². The number of ether oxygens (including phenoxy) is 2. The lowest BCUT2D eigenvalue weighted by molar-refractivity contribution is -0.115. The third-order valence-electron chi connectivity index (χ3n) is 3.92. The summed E-state index contributed by atoms with van der Waals surface area (Å²) in [5.74, 6) is 1.08. The molecule has 3 rings (SSSR count). The van der Waals surface area contributed by atoms with Crippen molar-refractivity contribution < 1.29 is 23.1 Å². The average Bonchev–Trinajstić information content (AvgIpc) is 3.16. The van der Waals surface area contributed by atoms with Crippen LogP contribution in [-0.2, 0) is 4.79 Å². The molecule has 3 aromatic rings. The standard InChI is InChI=1S/C20H19FN2O4S/c1-12(19(24)23-16-10-15(25-2)8-9-17(16)26-3)28-20-22-11-18(27-20)13-4-6-14(21)7-5-13/h4-12H,1-3H3,(H,23,24). The Labute approximate surface area is 166 Å². The summed E-state index contributed by atoms with van der Waals surface area (Å²) in [7, 11) is 3.08. The average molecular weight is 402 g/mol. The van der Waals surface area contributed by atoms with E-state index in [2.05, 4.69) is 10.3 Å². The molecule has 0 aliphatic rings. The van der Waals surface area contributed by atoms with Gasteiger partial charge in [-0.25, -0.2) is 9.37 Å². The van der Waals surface area contributed by atoms with Crippen molar-refractivity contribution in [2.45, 2.75) is 17.4 Å². The zero-order chi connectivity index (χ0) is 20.1. The SMILES string of the molecule is COc1ccc(OC)c(NC(=O)C(C)Sc2ncc(-c3ccc(F)cc3)o2)c1. The molecule has 0 radical (unpaired) electrons. The van der Waals surface area contributed by atoms with Gasteiger partial charge in [0.15, 0.2) is 5.76 Å². The number of hydrogen-bond donors (Lipinski definition) is 1. The van der Waals surface area contributed by atoms with Gasteiger partial charge in [0.25, 0.3) is 5.22 Å². The quantitative estimate of drug-likeness (QED) is 0.582. The van der Waals surface area contributed by atoms with Crippen molar-refractivity contribution in [2.75, 3.05) is 19.5 Å². The van der Waals surface area contributed by atoms with Gasteiger partial charge < -0.3 is 19.2 Å². The first kappa shape index (κ1) is 19.8. The maximum atomic E-state index is 13.0. The van der Waals surface area contributed by atoms with E-state index in [1.54, 1.807) is 50.6 Å². The minimum absolute atomic E-state index is 0.238. The Bertz CT molecular complexity index is 959. The van der Waals surface area contributed by atoms with Crippen LogP contribution in [0.4, 0.5) is 10.1 Å².